The number of ether oxygens (including phenoxy) is 1. The molecule has 2 heterocycles. The molecule has 0 spiro atoms. The molecular formula is C23H27N3O5S. The largest absolute Gasteiger partial charge is 0.368 e. The Morgan fingerprint density at radius 3 is 2.16 bits per heavy atom. The van der Waals surface area contributed by atoms with Gasteiger partial charge >= 0.3 is 0 Å². The number of carbonyl (C=O) groups excluding carboxylic acids is 2. The Bertz CT molecular complexity index is 1060. The number of benzene rings is 2. The highest BCUT2D eigenvalue weighted by Gasteiger charge is 2.31. The van der Waals surface area contributed by atoms with Gasteiger partial charge in [0.1, 0.15) is 6.10 Å². The first-order valence-electron chi connectivity index (χ1n) is 10.7. The van der Waals surface area contributed by atoms with Crippen molar-refractivity contribution in [3.63, 3.8) is 0 Å². The van der Waals surface area contributed by atoms with Gasteiger partial charge in [0, 0.05) is 45.4 Å². The van der Waals surface area contributed by atoms with E-state index in [-0.39, 0.29) is 22.8 Å². The van der Waals surface area contributed by atoms with Crippen LogP contribution in [-0.4, -0.2) is 76.0 Å². The van der Waals surface area contributed by atoms with Crippen molar-refractivity contribution in [2.75, 3.05) is 44.1 Å². The smallest absolute Gasteiger partial charge is 0.264 e. The average molecular weight is 458 g/mol. The van der Waals surface area contributed by atoms with Crippen LogP contribution >= 0.6 is 0 Å². The molecule has 4 rings (SSSR count). The van der Waals surface area contributed by atoms with Gasteiger partial charge in [-0.05, 0) is 49.2 Å². The fourth-order valence-corrected chi connectivity index (χ4v) is 5.19. The average Bonchev–Trinajstić information content (AvgIpc) is 3.38. The number of sulfonamides is 1. The molecule has 2 amide bonds. The van der Waals surface area contributed by atoms with Crippen LogP contribution < -0.4 is 4.31 Å². The topological polar surface area (TPSA) is 87.2 Å². The molecule has 2 aromatic carbocycles. The molecule has 0 aliphatic carbocycles. The molecule has 2 saturated heterocycles. The van der Waals surface area contributed by atoms with E-state index in [2.05, 4.69) is 0 Å². The number of rotatable bonds is 5. The third kappa shape index (κ3) is 4.49. The van der Waals surface area contributed by atoms with E-state index in [1.54, 1.807) is 34.1 Å². The minimum absolute atomic E-state index is 0.00620. The minimum atomic E-state index is -3.73. The van der Waals surface area contributed by atoms with E-state index in [0.29, 0.717) is 44.0 Å². The van der Waals surface area contributed by atoms with Gasteiger partial charge in [-0.3, -0.25) is 13.9 Å². The van der Waals surface area contributed by atoms with Gasteiger partial charge < -0.3 is 14.5 Å². The summed E-state index contributed by atoms with van der Waals surface area (Å²) >= 11 is 0. The molecule has 9 heteroatoms. The zero-order chi connectivity index (χ0) is 22.7. The zero-order valence-corrected chi connectivity index (χ0v) is 18.8. The zero-order valence-electron chi connectivity index (χ0n) is 18.0. The summed E-state index contributed by atoms with van der Waals surface area (Å²) in [5.74, 6) is -0.165. The lowest BCUT2D eigenvalue weighted by molar-refractivity contribution is -0.142. The Labute approximate surface area is 188 Å². The second-order valence-electron chi connectivity index (χ2n) is 7.95. The van der Waals surface area contributed by atoms with Crippen molar-refractivity contribution in [2.24, 2.45) is 0 Å². The third-order valence-corrected chi connectivity index (χ3v) is 7.76. The maximum Gasteiger partial charge on any atom is 0.264 e. The predicted molar refractivity (Wildman–Crippen MR) is 120 cm³/mol. The normalized spacial score (nSPS) is 19.1. The molecule has 1 unspecified atom stereocenters. The van der Waals surface area contributed by atoms with Crippen molar-refractivity contribution in [1.29, 1.82) is 0 Å². The summed E-state index contributed by atoms with van der Waals surface area (Å²) in [6.45, 7) is 2.45. The minimum Gasteiger partial charge on any atom is -0.368 e. The van der Waals surface area contributed by atoms with E-state index in [0.717, 1.165) is 12.8 Å². The van der Waals surface area contributed by atoms with Gasteiger partial charge in [-0.1, -0.05) is 18.2 Å². The maximum atomic E-state index is 12.9. The van der Waals surface area contributed by atoms with Crippen LogP contribution in [0.2, 0.25) is 0 Å². The molecule has 0 bridgehead atoms. The van der Waals surface area contributed by atoms with Gasteiger partial charge in [0.2, 0.25) is 0 Å². The number of amides is 2. The molecular weight excluding hydrogens is 430 g/mol. The first-order valence-corrected chi connectivity index (χ1v) is 12.2. The lowest BCUT2D eigenvalue weighted by Crippen LogP contribution is -2.52. The van der Waals surface area contributed by atoms with Gasteiger partial charge in [-0.15, -0.1) is 0 Å². The van der Waals surface area contributed by atoms with E-state index in [1.165, 1.54) is 35.6 Å². The van der Waals surface area contributed by atoms with Crippen LogP contribution in [0, 0.1) is 0 Å². The highest BCUT2D eigenvalue weighted by Crippen LogP contribution is 2.22. The monoisotopic (exact) mass is 457 g/mol. The second-order valence-corrected chi connectivity index (χ2v) is 9.92. The van der Waals surface area contributed by atoms with Crippen LogP contribution in [0.3, 0.4) is 0 Å². The Morgan fingerprint density at radius 1 is 0.938 bits per heavy atom. The van der Waals surface area contributed by atoms with E-state index in [4.69, 9.17) is 4.74 Å². The fraction of sp³-hybridized carbons (Fsp3) is 0.391. The number of anilines is 1. The van der Waals surface area contributed by atoms with Crippen LogP contribution in [0.5, 0.6) is 0 Å². The summed E-state index contributed by atoms with van der Waals surface area (Å²) in [7, 11) is -2.23. The first kappa shape index (κ1) is 22.3. The SMILES string of the molecule is CN(c1ccccc1)S(=O)(=O)c1ccc(C(=O)N2CCN(C(=O)C3CCCO3)CC2)cc1. The number of para-hydroxylation sites is 1. The van der Waals surface area contributed by atoms with Crippen molar-refractivity contribution in [3.8, 4) is 0 Å². The first-order chi connectivity index (χ1) is 15.4. The Balaban J connectivity index is 1.39. The molecule has 2 aliphatic rings. The Hall–Kier alpha value is -2.91. The summed E-state index contributed by atoms with van der Waals surface area (Å²) in [4.78, 5) is 28.9. The van der Waals surface area contributed by atoms with Crippen LogP contribution in [0.4, 0.5) is 5.69 Å². The number of hydrogen-bond donors (Lipinski definition) is 0. The Morgan fingerprint density at radius 2 is 1.56 bits per heavy atom. The number of carbonyl (C=O) groups is 2. The fourth-order valence-electron chi connectivity index (χ4n) is 3.99. The van der Waals surface area contributed by atoms with Gasteiger partial charge in [-0.25, -0.2) is 8.42 Å². The highest BCUT2D eigenvalue weighted by atomic mass is 32.2. The van der Waals surface area contributed by atoms with E-state index >= 15 is 0 Å². The van der Waals surface area contributed by atoms with E-state index in [1.807, 2.05) is 6.07 Å². The lowest BCUT2D eigenvalue weighted by Gasteiger charge is -2.35. The summed E-state index contributed by atoms with van der Waals surface area (Å²) in [6, 6.07) is 14.8. The summed E-state index contributed by atoms with van der Waals surface area (Å²) in [6.07, 6.45) is 1.31. The number of hydrogen-bond acceptors (Lipinski definition) is 5. The third-order valence-electron chi connectivity index (χ3n) is 5.96. The van der Waals surface area contributed by atoms with Crippen molar-refractivity contribution >= 4 is 27.5 Å². The molecule has 8 nitrogen and oxygen atoms in total. The van der Waals surface area contributed by atoms with E-state index < -0.39 is 10.0 Å². The van der Waals surface area contributed by atoms with Crippen molar-refractivity contribution in [3.05, 3.63) is 60.2 Å². The van der Waals surface area contributed by atoms with Gasteiger partial charge in [0.15, 0.2) is 0 Å². The molecule has 2 fully saturated rings. The molecule has 0 saturated carbocycles. The van der Waals surface area contributed by atoms with Gasteiger partial charge in [0.05, 0.1) is 10.6 Å². The number of piperazine rings is 1. The molecule has 0 radical (unpaired) electrons. The summed E-state index contributed by atoms with van der Waals surface area (Å²) in [5, 5.41) is 0. The lowest BCUT2D eigenvalue weighted by atomic mass is 10.1. The van der Waals surface area contributed by atoms with Crippen LogP contribution in [-0.2, 0) is 19.6 Å². The molecule has 1 atom stereocenters. The van der Waals surface area contributed by atoms with Crippen molar-refractivity contribution in [2.45, 2.75) is 23.8 Å². The summed E-state index contributed by atoms with van der Waals surface area (Å²) in [5.41, 5.74) is 0.980. The summed E-state index contributed by atoms with van der Waals surface area (Å²) < 4.78 is 32.5. The molecule has 2 aromatic rings. The predicted octanol–water partition coefficient (Wildman–Crippen LogP) is 1.98. The molecule has 2 aliphatic heterocycles. The Kier molecular flexibility index (Phi) is 6.48. The van der Waals surface area contributed by atoms with Crippen LogP contribution in [0.15, 0.2) is 59.5 Å². The van der Waals surface area contributed by atoms with Crippen molar-refractivity contribution in [1.82, 2.24) is 9.80 Å². The molecule has 0 N–H and O–H groups in total. The standard InChI is InChI=1S/C23H27N3O5S/c1-24(19-6-3-2-4-7-19)32(29,30)20-11-9-18(10-12-20)22(27)25-13-15-26(16-14-25)23(28)21-8-5-17-31-21/h2-4,6-7,9-12,21H,5,8,13-17H2,1H3. The van der Waals surface area contributed by atoms with Crippen molar-refractivity contribution < 1.29 is 22.7 Å². The van der Waals surface area contributed by atoms with E-state index in [9.17, 15) is 18.0 Å². The highest BCUT2D eigenvalue weighted by molar-refractivity contribution is 7.92. The van der Waals surface area contributed by atoms with Gasteiger partial charge in [0.25, 0.3) is 21.8 Å². The molecule has 170 valence electrons. The molecule has 32 heavy (non-hydrogen) atoms. The molecule has 0 aromatic heterocycles. The second kappa shape index (κ2) is 9.30. The quantitative estimate of drug-likeness (QED) is 0.685. The maximum absolute atomic E-state index is 12.9. The van der Waals surface area contributed by atoms with Crippen LogP contribution in [0.1, 0.15) is 23.2 Å². The van der Waals surface area contributed by atoms with Crippen LogP contribution in [0.25, 0.3) is 0 Å². The number of nitrogens with zero attached hydrogens (tertiary/aromatic N) is 3. The van der Waals surface area contributed by atoms with Gasteiger partial charge in [-0.2, -0.15) is 0 Å².